The van der Waals surface area contributed by atoms with Gasteiger partial charge in [0, 0.05) is 13.2 Å². The van der Waals surface area contributed by atoms with Gasteiger partial charge in [0.05, 0.1) is 6.61 Å². The molecule has 2 fully saturated rings. The van der Waals surface area contributed by atoms with Crippen molar-refractivity contribution in [2.45, 2.75) is 46.6 Å². The van der Waals surface area contributed by atoms with Crippen LogP contribution in [0.3, 0.4) is 0 Å². The van der Waals surface area contributed by atoms with Crippen LogP contribution in [0.15, 0.2) is 0 Å². The van der Waals surface area contributed by atoms with Gasteiger partial charge in [-0.05, 0) is 42.1 Å². The summed E-state index contributed by atoms with van der Waals surface area (Å²) in [6.07, 6.45) is 2.77. The predicted molar refractivity (Wildman–Crippen MR) is 67.4 cm³/mol. The van der Waals surface area contributed by atoms with Gasteiger partial charge in [-0.15, -0.1) is 0 Å². The maximum absolute atomic E-state index is 5.30. The van der Waals surface area contributed by atoms with Crippen molar-refractivity contribution in [3.8, 4) is 0 Å². The highest BCUT2D eigenvalue weighted by Gasteiger charge is 2.64. The van der Waals surface area contributed by atoms with Crippen LogP contribution < -0.4 is 5.32 Å². The molecule has 2 aliphatic carbocycles. The number of hydrogen-bond donors (Lipinski definition) is 1. The Hall–Kier alpha value is -0.0800. The predicted octanol–water partition coefficient (Wildman–Crippen LogP) is 2.68. The van der Waals surface area contributed by atoms with Crippen molar-refractivity contribution in [2.24, 2.45) is 22.7 Å². The minimum Gasteiger partial charge on any atom is -0.383 e. The summed E-state index contributed by atoms with van der Waals surface area (Å²) in [5.41, 5.74) is 1.00. The number of methoxy groups -OCH3 is 1. The van der Waals surface area contributed by atoms with E-state index < -0.39 is 0 Å². The normalized spacial score (nSPS) is 29.1. The molecule has 16 heavy (non-hydrogen) atoms. The lowest BCUT2D eigenvalue weighted by atomic mass is 10.0. The van der Waals surface area contributed by atoms with Gasteiger partial charge in [0.2, 0.25) is 0 Å². The third-order valence-electron chi connectivity index (χ3n) is 5.44. The summed E-state index contributed by atoms with van der Waals surface area (Å²) >= 11 is 0. The van der Waals surface area contributed by atoms with Crippen molar-refractivity contribution in [2.75, 3.05) is 20.3 Å². The molecule has 0 amide bonds. The van der Waals surface area contributed by atoms with Gasteiger partial charge >= 0.3 is 0 Å². The molecule has 0 aromatic rings. The largest absolute Gasteiger partial charge is 0.383 e. The average molecular weight is 225 g/mol. The van der Waals surface area contributed by atoms with Gasteiger partial charge in [-0.1, -0.05) is 27.7 Å². The van der Waals surface area contributed by atoms with E-state index in [1.807, 2.05) is 7.11 Å². The zero-order valence-corrected chi connectivity index (χ0v) is 11.5. The summed E-state index contributed by atoms with van der Waals surface area (Å²) in [7, 11) is 1.81. The molecular weight excluding hydrogens is 198 g/mol. The van der Waals surface area contributed by atoms with E-state index in [1.165, 1.54) is 12.8 Å². The Bertz CT molecular complexity index is 241. The maximum Gasteiger partial charge on any atom is 0.0618 e. The number of nitrogens with one attached hydrogen (secondary N) is 1. The van der Waals surface area contributed by atoms with Crippen LogP contribution in [0.1, 0.15) is 40.5 Å². The Labute approximate surface area is 100 Å². The fourth-order valence-electron chi connectivity index (χ4n) is 3.15. The van der Waals surface area contributed by atoms with E-state index in [4.69, 9.17) is 4.74 Å². The summed E-state index contributed by atoms with van der Waals surface area (Å²) in [5.74, 6) is 1.70. The Morgan fingerprint density at radius 2 is 1.75 bits per heavy atom. The minimum atomic E-state index is 0.501. The van der Waals surface area contributed by atoms with E-state index in [0.29, 0.717) is 16.9 Å². The van der Waals surface area contributed by atoms with Crippen LogP contribution in [0.5, 0.6) is 0 Å². The van der Waals surface area contributed by atoms with E-state index >= 15 is 0 Å². The van der Waals surface area contributed by atoms with Crippen molar-refractivity contribution in [3.63, 3.8) is 0 Å². The van der Waals surface area contributed by atoms with Crippen molar-refractivity contribution in [3.05, 3.63) is 0 Å². The average Bonchev–Trinajstić information content (AvgIpc) is 3.04. The van der Waals surface area contributed by atoms with Crippen LogP contribution in [0.4, 0.5) is 0 Å². The van der Waals surface area contributed by atoms with Gasteiger partial charge in [-0.3, -0.25) is 0 Å². The smallest absolute Gasteiger partial charge is 0.0618 e. The van der Waals surface area contributed by atoms with Crippen molar-refractivity contribution in [1.29, 1.82) is 0 Å². The van der Waals surface area contributed by atoms with E-state index in [2.05, 4.69) is 33.0 Å². The van der Waals surface area contributed by atoms with Gasteiger partial charge < -0.3 is 10.1 Å². The molecule has 0 saturated heterocycles. The Morgan fingerprint density at radius 3 is 2.12 bits per heavy atom. The van der Waals surface area contributed by atoms with E-state index in [1.54, 1.807) is 0 Å². The summed E-state index contributed by atoms with van der Waals surface area (Å²) in [4.78, 5) is 0. The molecule has 0 spiro atoms. The number of ether oxygens (including phenoxy) is 1. The lowest BCUT2D eigenvalue weighted by Gasteiger charge is -2.18. The second-order valence-corrected chi connectivity index (χ2v) is 6.80. The Kier molecular flexibility index (Phi) is 3.09. The molecule has 0 aromatic heterocycles. The lowest BCUT2D eigenvalue weighted by molar-refractivity contribution is 0.156. The van der Waals surface area contributed by atoms with Gasteiger partial charge in [0.25, 0.3) is 0 Å². The first-order valence-electron chi connectivity index (χ1n) is 6.63. The van der Waals surface area contributed by atoms with Gasteiger partial charge in [-0.2, -0.15) is 0 Å². The zero-order valence-electron chi connectivity index (χ0n) is 11.5. The Morgan fingerprint density at radius 1 is 1.19 bits per heavy atom. The molecular formula is C14H27NO. The molecule has 1 atom stereocenters. The zero-order chi connectivity index (χ0) is 12.0. The molecule has 0 bridgehead atoms. The van der Waals surface area contributed by atoms with Gasteiger partial charge in [0.15, 0.2) is 0 Å². The summed E-state index contributed by atoms with van der Waals surface area (Å²) in [6, 6.07) is 0.595. The fraction of sp³-hybridized carbons (Fsp3) is 1.00. The minimum absolute atomic E-state index is 0.501. The number of rotatable bonds is 6. The quantitative estimate of drug-likeness (QED) is 0.750. The highest BCUT2D eigenvalue weighted by molar-refractivity contribution is 5.13. The molecule has 2 aliphatic rings. The molecule has 1 unspecified atom stereocenters. The first-order valence-corrected chi connectivity index (χ1v) is 6.63. The standard InChI is InChI=1S/C14H27NO/c1-13(2)12(14(13,3)4)8-15-11(9-16-5)10-6-7-10/h10-12,15H,6-9H2,1-5H3. The molecule has 2 rings (SSSR count). The molecule has 2 saturated carbocycles. The van der Waals surface area contributed by atoms with Crippen molar-refractivity contribution in [1.82, 2.24) is 5.32 Å². The first-order chi connectivity index (χ1) is 7.41. The highest BCUT2D eigenvalue weighted by Crippen LogP contribution is 2.68. The van der Waals surface area contributed by atoms with Crippen LogP contribution in [-0.2, 0) is 4.74 Å². The van der Waals surface area contributed by atoms with E-state index in [9.17, 15) is 0 Å². The SMILES string of the molecule is COCC(NCC1C(C)(C)C1(C)C)C1CC1. The molecule has 0 aromatic carbocycles. The molecule has 94 valence electrons. The van der Waals surface area contributed by atoms with E-state index in [-0.39, 0.29) is 0 Å². The van der Waals surface area contributed by atoms with Crippen LogP contribution in [0, 0.1) is 22.7 Å². The van der Waals surface area contributed by atoms with Crippen LogP contribution in [0.2, 0.25) is 0 Å². The first kappa shape index (κ1) is 12.4. The van der Waals surface area contributed by atoms with Crippen LogP contribution >= 0.6 is 0 Å². The topological polar surface area (TPSA) is 21.3 Å². The second-order valence-electron chi connectivity index (χ2n) is 6.80. The monoisotopic (exact) mass is 225 g/mol. The van der Waals surface area contributed by atoms with Crippen LogP contribution in [-0.4, -0.2) is 26.3 Å². The third kappa shape index (κ3) is 2.02. The Balaban J connectivity index is 1.79. The molecule has 2 heteroatoms. The third-order valence-corrected chi connectivity index (χ3v) is 5.44. The number of hydrogen-bond acceptors (Lipinski definition) is 2. The highest BCUT2D eigenvalue weighted by atomic mass is 16.5. The summed E-state index contributed by atoms with van der Waals surface area (Å²) in [6.45, 7) is 11.6. The second kappa shape index (κ2) is 3.99. The van der Waals surface area contributed by atoms with Crippen LogP contribution in [0.25, 0.3) is 0 Å². The van der Waals surface area contributed by atoms with Crippen molar-refractivity contribution >= 4 is 0 Å². The fourth-order valence-corrected chi connectivity index (χ4v) is 3.15. The molecule has 0 heterocycles. The summed E-state index contributed by atoms with van der Waals surface area (Å²) in [5, 5.41) is 3.73. The molecule has 1 N–H and O–H groups in total. The molecule has 0 radical (unpaired) electrons. The molecule has 0 aliphatic heterocycles. The summed E-state index contributed by atoms with van der Waals surface area (Å²) < 4.78 is 5.30. The van der Waals surface area contributed by atoms with Crippen molar-refractivity contribution < 1.29 is 4.74 Å². The van der Waals surface area contributed by atoms with Gasteiger partial charge in [-0.25, -0.2) is 0 Å². The maximum atomic E-state index is 5.30. The lowest BCUT2D eigenvalue weighted by Crippen LogP contribution is -2.37. The molecule has 2 nitrogen and oxygen atoms in total. The van der Waals surface area contributed by atoms with Gasteiger partial charge in [0.1, 0.15) is 0 Å². The van der Waals surface area contributed by atoms with E-state index in [0.717, 1.165) is 25.0 Å².